The van der Waals surface area contributed by atoms with Gasteiger partial charge in [0.25, 0.3) is 0 Å². The highest BCUT2D eigenvalue weighted by Gasteiger charge is 2.26. The Balaban J connectivity index is 1.98. The van der Waals surface area contributed by atoms with Crippen LogP contribution in [-0.4, -0.2) is 39.6 Å². The van der Waals surface area contributed by atoms with Gasteiger partial charge in [0.2, 0.25) is 4.96 Å². The fourth-order valence-electron chi connectivity index (χ4n) is 1.96. The molecule has 2 aromatic heterocycles. The van der Waals surface area contributed by atoms with E-state index in [0.717, 1.165) is 28.9 Å². The lowest BCUT2D eigenvalue weighted by atomic mass is 9.96. The second-order valence-electron chi connectivity index (χ2n) is 5.49. The summed E-state index contributed by atoms with van der Waals surface area (Å²) >= 11 is 1.58. The van der Waals surface area contributed by atoms with Gasteiger partial charge in [0.15, 0.2) is 5.82 Å². The molecule has 0 saturated carbocycles. The predicted molar refractivity (Wildman–Crippen MR) is 68.9 cm³/mol. The van der Waals surface area contributed by atoms with Gasteiger partial charge in [-0.2, -0.15) is 9.61 Å². The number of aromatic nitrogens is 4. The van der Waals surface area contributed by atoms with Crippen molar-refractivity contribution in [2.75, 3.05) is 19.8 Å². The van der Waals surface area contributed by atoms with Crippen molar-refractivity contribution in [2.45, 2.75) is 32.2 Å². The summed E-state index contributed by atoms with van der Waals surface area (Å²) in [4.78, 5) is 0.849. The van der Waals surface area contributed by atoms with E-state index in [9.17, 15) is 0 Å². The minimum absolute atomic E-state index is 0.0543. The van der Waals surface area contributed by atoms with Gasteiger partial charge in [-0.15, -0.1) is 10.2 Å². The van der Waals surface area contributed by atoms with Crippen LogP contribution in [0.15, 0.2) is 0 Å². The first-order valence-corrected chi connectivity index (χ1v) is 6.91. The van der Waals surface area contributed by atoms with Gasteiger partial charge >= 0.3 is 0 Å². The Morgan fingerprint density at radius 3 is 2.89 bits per heavy atom. The minimum Gasteiger partial charge on any atom is -0.378 e. The SMILES string of the molecule is CC(C)(C)c1nnc2sc(C3COCCN3)nn12. The molecular formula is C11H17N5OS. The number of fused-ring (bicyclic) bond motifs is 1. The molecule has 1 aliphatic heterocycles. The first kappa shape index (κ1) is 12.0. The van der Waals surface area contributed by atoms with Crippen molar-refractivity contribution in [2.24, 2.45) is 0 Å². The molecule has 7 heteroatoms. The molecule has 0 aromatic carbocycles. The van der Waals surface area contributed by atoms with Crippen molar-refractivity contribution in [3.63, 3.8) is 0 Å². The van der Waals surface area contributed by atoms with Gasteiger partial charge < -0.3 is 10.1 Å². The number of hydrogen-bond acceptors (Lipinski definition) is 6. The topological polar surface area (TPSA) is 64.3 Å². The molecule has 1 atom stereocenters. The lowest BCUT2D eigenvalue weighted by molar-refractivity contribution is 0.0765. The Labute approximate surface area is 109 Å². The number of rotatable bonds is 1. The van der Waals surface area contributed by atoms with Crippen LogP contribution in [-0.2, 0) is 10.2 Å². The summed E-state index contributed by atoms with van der Waals surface area (Å²) in [6.45, 7) is 8.67. The molecule has 1 unspecified atom stereocenters. The zero-order valence-corrected chi connectivity index (χ0v) is 11.6. The van der Waals surface area contributed by atoms with E-state index in [0.29, 0.717) is 6.61 Å². The van der Waals surface area contributed by atoms with Crippen LogP contribution in [0.25, 0.3) is 4.96 Å². The van der Waals surface area contributed by atoms with E-state index < -0.39 is 0 Å². The molecule has 0 aliphatic carbocycles. The van der Waals surface area contributed by atoms with Crippen LogP contribution in [0.2, 0.25) is 0 Å². The third kappa shape index (κ3) is 2.02. The van der Waals surface area contributed by atoms with Crippen molar-refractivity contribution >= 4 is 16.3 Å². The molecule has 1 aliphatic rings. The lowest BCUT2D eigenvalue weighted by Crippen LogP contribution is -2.34. The smallest absolute Gasteiger partial charge is 0.234 e. The van der Waals surface area contributed by atoms with Gasteiger partial charge in [0.05, 0.1) is 19.3 Å². The average molecular weight is 267 g/mol. The van der Waals surface area contributed by atoms with Crippen LogP contribution in [0.4, 0.5) is 0 Å². The monoisotopic (exact) mass is 267 g/mol. The maximum absolute atomic E-state index is 5.47. The van der Waals surface area contributed by atoms with Gasteiger partial charge in [-0.1, -0.05) is 32.1 Å². The number of ether oxygens (including phenoxy) is 1. The summed E-state index contributed by atoms with van der Waals surface area (Å²) in [6.07, 6.45) is 0. The van der Waals surface area contributed by atoms with E-state index in [-0.39, 0.29) is 11.5 Å². The largest absolute Gasteiger partial charge is 0.378 e. The minimum atomic E-state index is -0.0543. The van der Waals surface area contributed by atoms with Crippen molar-refractivity contribution < 1.29 is 4.74 Å². The van der Waals surface area contributed by atoms with Crippen molar-refractivity contribution in [3.8, 4) is 0 Å². The highest BCUT2D eigenvalue weighted by molar-refractivity contribution is 7.16. The number of morpholine rings is 1. The van der Waals surface area contributed by atoms with Crippen LogP contribution < -0.4 is 5.32 Å². The standard InChI is InChI=1S/C11H17N5OS/c1-11(2,3)9-13-14-10-16(9)15-8(18-10)7-6-17-5-4-12-7/h7,12H,4-6H2,1-3H3. The molecule has 1 fully saturated rings. The number of hydrogen-bond donors (Lipinski definition) is 1. The number of nitrogens with one attached hydrogen (secondary N) is 1. The summed E-state index contributed by atoms with van der Waals surface area (Å²) in [5, 5.41) is 17.5. The zero-order valence-electron chi connectivity index (χ0n) is 10.8. The fourth-order valence-corrected chi connectivity index (χ4v) is 2.86. The quantitative estimate of drug-likeness (QED) is 0.839. The molecule has 1 saturated heterocycles. The van der Waals surface area contributed by atoms with E-state index in [1.165, 1.54) is 0 Å². The van der Waals surface area contributed by atoms with Crippen LogP contribution >= 0.6 is 11.3 Å². The molecule has 3 rings (SSSR count). The highest BCUT2D eigenvalue weighted by Crippen LogP contribution is 2.26. The summed E-state index contributed by atoms with van der Waals surface area (Å²) < 4.78 is 7.32. The summed E-state index contributed by atoms with van der Waals surface area (Å²) in [6, 6.07) is 0.179. The average Bonchev–Trinajstić information content (AvgIpc) is 2.87. The number of nitrogens with zero attached hydrogens (tertiary/aromatic N) is 4. The molecule has 2 aromatic rings. The van der Waals surface area contributed by atoms with Crippen molar-refractivity contribution in [1.29, 1.82) is 0 Å². The molecule has 0 spiro atoms. The zero-order chi connectivity index (χ0) is 12.8. The second-order valence-corrected chi connectivity index (χ2v) is 6.48. The first-order chi connectivity index (χ1) is 8.55. The molecule has 0 radical (unpaired) electrons. The van der Waals surface area contributed by atoms with Crippen LogP contribution in [0, 0.1) is 0 Å². The molecule has 1 N–H and O–H groups in total. The van der Waals surface area contributed by atoms with E-state index in [2.05, 4.69) is 41.4 Å². The summed E-state index contributed by atoms with van der Waals surface area (Å²) in [5.74, 6) is 0.900. The highest BCUT2D eigenvalue weighted by atomic mass is 32.1. The van der Waals surface area contributed by atoms with Gasteiger partial charge in [0, 0.05) is 12.0 Å². The summed E-state index contributed by atoms with van der Waals surface area (Å²) in [7, 11) is 0. The molecule has 18 heavy (non-hydrogen) atoms. The maximum atomic E-state index is 5.47. The molecule has 0 amide bonds. The second kappa shape index (κ2) is 4.25. The molecule has 0 bridgehead atoms. The van der Waals surface area contributed by atoms with Gasteiger partial charge in [-0.05, 0) is 0 Å². The van der Waals surface area contributed by atoms with Crippen LogP contribution in [0.1, 0.15) is 37.6 Å². The Morgan fingerprint density at radius 2 is 2.22 bits per heavy atom. The van der Waals surface area contributed by atoms with Crippen molar-refractivity contribution in [3.05, 3.63) is 10.8 Å². The third-order valence-corrected chi connectivity index (χ3v) is 3.91. The Hall–Kier alpha value is -1.05. The van der Waals surface area contributed by atoms with Gasteiger partial charge in [-0.3, -0.25) is 0 Å². The molecular weight excluding hydrogens is 250 g/mol. The predicted octanol–water partition coefficient (Wildman–Crippen LogP) is 1.14. The van der Waals surface area contributed by atoms with E-state index in [1.54, 1.807) is 11.3 Å². The first-order valence-electron chi connectivity index (χ1n) is 6.09. The van der Waals surface area contributed by atoms with Crippen LogP contribution in [0.3, 0.4) is 0 Å². The molecule has 3 heterocycles. The third-order valence-electron chi connectivity index (χ3n) is 2.90. The van der Waals surface area contributed by atoms with E-state index in [1.807, 2.05) is 4.52 Å². The fraction of sp³-hybridized carbons (Fsp3) is 0.727. The Kier molecular flexibility index (Phi) is 2.84. The van der Waals surface area contributed by atoms with Gasteiger partial charge in [0.1, 0.15) is 5.01 Å². The maximum Gasteiger partial charge on any atom is 0.234 e. The lowest BCUT2D eigenvalue weighted by Gasteiger charge is -2.21. The van der Waals surface area contributed by atoms with Crippen LogP contribution in [0.5, 0.6) is 0 Å². The van der Waals surface area contributed by atoms with E-state index >= 15 is 0 Å². The Bertz CT molecular complexity index is 549. The normalized spacial score (nSPS) is 21.6. The molecule has 6 nitrogen and oxygen atoms in total. The van der Waals surface area contributed by atoms with Gasteiger partial charge in [-0.25, -0.2) is 0 Å². The van der Waals surface area contributed by atoms with E-state index in [4.69, 9.17) is 4.74 Å². The Morgan fingerprint density at radius 1 is 1.39 bits per heavy atom. The summed E-state index contributed by atoms with van der Waals surface area (Å²) in [5.41, 5.74) is -0.0543. The molecule has 98 valence electrons. The van der Waals surface area contributed by atoms with Crippen molar-refractivity contribution in [1.82, 2.24) is 25.1 Å².